The van der Waals surface area contributed by atoms with E-state index in [1.807, 2.05) is 43.3 Å². The number of hydrogen-bond acceptors (Lipinski definition) is 6. The van der Waals surface area contributed by atoms with Crippen molar-refractivity contribution < 1.29 is 17.9 Å². The Labute approximate surface area is 194 Å². The minimum absolute atomic E-state index is 0.0789. The Morgan fingerprint density at radius 2 is 1.55 bits per heavy atom. The lowest BCUT2D eigenvalue weighted by Gasteiger charge is -2.17. The molecule has 174 valence electrons. The maximum atomic E-state index is 12.8. The van der Waals surface area contributed by atoms with Crippen LogP contribution in [0.5, 0.6) is 5.75 Å². The van der Waals surface area contributed by atoms with Gasteiger partial charge in [-0.25, -0.2) is 8.42 Å². The molecule has 3 N–H and O–H groups in total. The highest BCUT2D eigenvalue weighted by atomic mass is 32.2. The summed E-state index contributed by atoms with van der Waals surface area (Å²) in [6, 6.07) is 19.8. The van der Waals surface area contributed by atoms with E-state index in [1.54, 1.807) is 50.4 Å². The molecule has 0 aliphatic heterocycles. The molecule has 0 saturated carbocycles. The molecular weight excluding hydrogens is 440 g/mol. The smallest absolute Gasteiger partial charge is 0.261 e. The van der Waals surface area contributed by atoms with Crippen molar-refractivity contribution in [2.24, 2.45) is 0 Å². The minimum Gasteiger partial charge on any atom is -0.497 e. The molecular formula is C24H28N4O4S. The number of amides is 1. The molecule has 0 radical (unpaired) electrons. The lowest BCUT2D eigenvalue weighted by atomic mass is 10.2. The van der Waals surface area contributed by atoms with Crippen molar-refractivity contribution in [3.8, 4) is 5.75 Å². The Morgan fingerprint density at radius 3 is 2.15 bits per heavy atom. The molecule has 0 aliphatic carbocycles. The summed E-state index contributed by atoms with van der Waals surface area (Å²) in [4.78, 5) is 14.6. The van der Waals surface area contributed by atoms with E-state index in [9.17, 15) is 13.2 Å². The van der Waals surface area contributed by atoms with E-state index in [2.05, 4.69) is 15.4 Å². The van der Waals surface area contributed by atoms with Crippen LogP contribution in [0.1, 0.15) is 6.92 Å². The molecule has 3 rings (SSSR count). The van der Waals surface area contributed by atoms with Crippen molar-refractivity contribution in [3.05, 3.63) is 72.8 Å². The third kappa shape index (κ3) is 6.39. The average Bonchev–Trinajstić information content (AvgIpc) is 2.80. The maximum Gasteiger partial charge on any atom is 0.261 e. The molecule has 0 fully saturated rings. The quantitative estimate of drug-likeness (QED) is 0.439. The van der Waals surface area contributed by atoms with Gasteiger partial charge in [0.1, 0.15) is 11.8 Å². The molecule has 0 aliphatic rings. The zero-order chi connectivity index (χ0) is 24.0. The number of anilines is 4. The summed E-state index contributed by atoms with van der Waals surface area (Å²) in [6.07, 6.45) is 0. The molecule has 3 aromatic carbocycles. The Morgan fingerprint density at radius 1 is 0.909 bits per heavy atom. The van der Waals surface area contributed by atoms with Crippen LogP contribution in [0.15, 0.2) is 77.7 Å². The zero-order valence-electron chi connectivity index (χ0n) is 19.0. The standard InChI is InChI=1S/C24H28N4O4S/c1-17(24(29)26-18-8-12-21(13-9-18)28(2)3)25-20-6-5-7-23(16-20)33(30,31)27-19-10-14-22(32-4)15-11-19/h5-17,25,27H,1-4H3,(H,26,29). The second-order valence-corrected chi connectivity index (χ2v) is 9.34. The Balaban J connectivity index is 1.66. The number of hydrogen-bond donors (Lipinski definition) is 3. The minimum atomic E-state index is -3.81. The summed E-state index contributed by atoms with van der Waals surface area (Å²) >= 11 is 0. The van der Waals surface area contributed by atoms with Gasteiger partial charge in [0.2, 0.25) is 5.91 Å². The van der Waals surface area contributed by atoms with E-state index >= 15 is 0 Å². The van der Waals surface area contributed by atoms with E-state index in [1.165, 1.54) is 12.1 Å². The van der Waals surface area contributed by atoms with Gasteiger partial charge < -0.3 is 20.3 Å². The van der Waals surface area contributed by atoms with Gasteiger partial charge in [0.05, 0.1) is 12.0 Å². The third-order valence-electron chi connectivity index (χ3n) is 4.91. The molecule has 1 unspecified atom stereocenters. The molecule has 1 atom stereocenters. The second-order valence-electron chi connectivity index (χ2n) is 7.66. The van der Waals surface area contributed by atoms with Crippen LogP contribution in [0.3, 0.4) is 0 Å². The zero-order valence-corrected chi connectivity index (χ0v) is 19.8. The van der Waals surface area contributed by atoms with Crippen molar-refractivity contribution in [1.29, 1.82) is 0 Å². The first-order valence-corrected chi connectivity index (χ1v) is 11.8. The van der Waals surface area contributed by atoms with Crippen molar-refractivity contribution in [2.75, 3.05) is 41.5 Å². The molecule has 0 heterocycles. The van der Waals surface area contributed by atoms with Gasteiger partial charge in [-0.3, -0.25) is 9.52 Å². The highest BCUT2D eigenvalue weighted by Gasteiger charge is 2.17. The number of carbonyl (C=O) groups excluding carboxylic acids is 1. The fourth-order valence-electron chi connectivity index (χ4n) is 3.04. The fourth-order valence-corrected chi connectivity index (χ4v) is 4.14. The van der Waals surface area contributed by atoms with Gasteiger partial charge in [-0.15, -0.1) is 0 Å². The number of nitrogens with zero attached hydrogens (tertiary/aromatic N) is 1. The van der Waals surface area contributed by atoms with Crippen molar-refractivity contribution in [2.45, 2.75) is 17.9 Å². The number of benzene rings is 3. The van der Waals surface area contributed by atoms with Gasteiger partial charge in [0.15, 0.2) is 0 Å². The molecule has 8 nitrogen and oxygen atoms in total. The van der Waals surface area contributed by atoms with Gasteiger partial charge in [0.25, 0.3) is 10.0 Å². The van der Waals surface area contributed by atoms with Crippen molar-refractivity contribution in [1.82, 2.24) is 0 Å². The van der Waals surface area contributed by atoms with Gasteiger partial charge in [-0.1, -0.05) is 6.07 Å². The van der Waals surface area contributed by atoms with Crippen LogP contribution in [-0.2, 0) is 14.8 Å². The molecule has 0 saturated heterocycles. The number of methoxy groups -OCH3 is 1. The van der Waals surface area contributed by atoms with Gasteiger partial charge in [-0.05, 0) is 73.7 Å². The highest BCUT2D eigenvalue weighted by Crippen LogP contribution is 2.22. The molecule has 0 bridgehead atoms. The summed E-state index contributed by atoms with van der Waals surface area (Å²) in [7, 11) is 1.62. The Kier molecular flexibility index (Phi) is 7.44. The Bertz CT molecular complexity index is 1190. The molecule has 9 heteroatoms. The number of ether oxygens (including phenoxy) is 1. The van der Waals surface area contributed by atoms with Crippen LogP contribution in [0.2, 0.25) is 0 Å². The number of sulfonamides is 1. The molecule has 0 spiro atoms. The van der Waals surface area contributed by atoms with Crippen LogP contribution < -0.4 is 25.0 Å². The van der Waals surface area contributed by atoms with Crippen LogP contribution in [-0.4, -0.2) is 41.6 Å². The monoisotopic (exact) mass is 468 g/mol. The van der Waals surface area contributed by atoms with E-state index in [-0.39, 0.29) is 10.8 Å². The normalized spacial score (nSPS) is 11.9. The first-order chi connectivity index (χ1) is 15.7. The van der Waals surface area contributed by atoms with Gasteiger partial charge in [-0.2, -0.15) is 0 Å². The highest BCUT2D eigenvalue weighted by molar-refractivity contribution is 7.92. The number of carbonyl (C=O) groups is 1. The van der Waals surface area contributed by atoms with Gasteiger partial charge >= 0.3 is 0 Å². The lowest BCUT2D eigenvalue weighted by molar-refractivity contribution is -0.116. The Hall–Kier alpha value is -3.72. The molecule has 33 heavy (non-hydrogen) atoms. The largest absolute Gasteiger partial charge is 0.497 e. The number of nitrogens with one attached hydrogen (secondary N) is 3. The second kappa shape index (κ2) is 10.3. The van der Waals surface area contributed by atoms with Crippen LogP contribution in [0.25, 0.3) is 0 Å². The summed E-state index contributed by atoms with van der Waals surface area (Å²) < 4.78 is 33.2. The summed E-state index contributed by atoms with van der Waals surface area (Å²) in [6.45, 7) is 1.71. The molecule has 0 aromatic heterocycles. The van der Waals surface area contributed by atoms with Crippen LogP contribution in [0, 0.1) is 0 Å². The lowest BCUT2D eigenvalue weighted by Crippen LogP contribution is -2.31. The van der Waals surface area contributed by atoms with E-state index in [4.69, 9.17) is 4.74 Å². The summed E-state index contributed by atoms with van der Waals surface area (Å²) in [5.74, 6) is 0.391. The SMILES string of the molecule is COc1ccc(NS(=O)(=O)c2cccc(NC(C)C(=O)Nc3ccc(N(C)C)cc3)c2)cc1. The third-order valence-corrected chi connectivity index (χ3v) is 6.29. The number of rotatable bonds is 9. The van der Waals surface area contributed by atoms with E-state index < -0.39 is 16.1 Å². The fraction of sp³-hybridized carbons (Fsp3) is 0.208. The first-order valence-electron chi connectivity index (χ1n) is 10.3. The van der Waals surface area contributed by atoms with E-state index in [0.29, 0.717) is 22.8 Å². The molecule has 1 amide bonds. The maximum absolute atomic E-state index is 12.8. The summed E-state index contributed by atoms with van der Waals surface area (Å²) in [5, 5.41) is 5.91. The van der Waals surface area contributed by atoms with E-state index in [0.717, 1.165) is 5.69 Å². The van der Waals surface area contributed by atoms with Crippen LogP contribution >= 0.6 is 0 Å². The average molecular weight is 469 g/mol. The summed E-state index contributed by atoms with van der Waals surface area (Å²) in [5.41, 5.74) is 2.64. The van der Waals surface area contributed by atoms with Crippen LogP contribution in [0.4, 0.5) is 22.7 Å². The molecule has 3 aromatic rings. The first kappa shape index (κ1) is 23.9. The van der Waals surface area contributed by atoms with Crippen molar-refractivity contribution in [3.63, 3.8) is 0 Å². The topological polar surface area (TPSA) is 99.8 Å². The van der Waals surface area contributed by atoms with Gasteiger partial charge in [0, 0.05) is 36.8 Å². The predicted molar refractivity (Wildman–Crippen MR) is 133 cm³/mol. The predicted octanol–water partition coefficient (Wildman–Crippen LogP) is 4.00. The van der Waals surface area contributed by atoms with Crippen molar-refractivity contribution >= 4 is 38.7 Å².